The molecule has 1 aromatic heterocycles. The lowest BCUT2D eigenvalue weighted by Crippen LogP contribution is -2.36. The van der Waals surface area contributed by atoms with E-state index in [0.29, 0.717) is 11.6 Å². The van der Waals surface area contributed by atoms with Crippen molar-refractivity contribution in [2.24, 2.45) is 5.92 Å². The molecule has 3 heterocycles. The number of unbranched alkanes of at least 4 members (excludes halogenated alkanes) is 1. The number of ether oxygens (including phenoxy) is 2. The van der Waals surface area contributed by atoms with E-state index in [0.717, 1.165) is 83.7 Å². The van der Waals surface area contributed by atoms with Crippen LogP contribution >= 0.6 is 23.5 Å². The van der Waals surface area contributed by atoms with E-state index in [1.807, 2.05) is 12.1 Å². The van der Waals surface area contributed by atoms with E-state index in [9.17, 15) is 4.79 Å². The van der Waals surface area contributed by atoms with Gasteiger partial charge in [0.25, 0.3) is 5.56 Å². The molecule has 2 aliphatic heterocycles. The van der Waals surface area contributed by atoms with Crippen molar-refractivity contribution in [3.8, 4) is 5.75 Å². The smallest absolute Gasteiger partial charge is 0.287 e. The number of rotatable bonds is 10. The molecule has 34 heavy (non-hydrogen) atoms. The molecule has 0 saturated carbocycles. The van der Waals surface area contributed by atoms with Crippen molar-refractivity contribution in [1.29, 1.82) is 0 Å². The summed E-state index contributed by atoms with van der Waals surface area (Å²) in [7, 11) is 0. The van der Waals surface area contributed by atoms with Crippen LogP contribution in [-0.4, -0.2) is 53.5 Å². The molecule has 1 atom stereocenters. The van der Waals surface area contributed by atoms with Crippen LogP contribution in [0.1, 0.15) is 51.5 Å². The van der Waals surface area contributed by atoms with Crippen molar-refractivity contribution in [2.75, 3.05) is 44.8 Å². The lowest BCUT2D eigenvalue weighted by atomic mass is 10.0. The van der Waals surface area contributed by atoms with Crippen LogP contribution in [0.2, 0.25) is 5.02 Å². The van der Waals surface area contributed by atoms with Gasteiger partial charge < -0.3 is 14.8 Å². The number of piperidine rings is 1. The van der Waals surface area contributed by atoms with Gasteiger partial charge in [-0.2, -0.15) is 5.10 Å². The molecule has 0 aliphatic carbocycles. The zero-order valence-electron chi connectivity index (χ0n) is 19.9. The standard InChI is InChI=1S/C25H35ClN4O3S/c1-2-3-15-33-21-6-8-22(9-7-21)34-29-12-10-20(11-13-29)30-25(31)24(26)23(17-28-30)27-16-19-5-4-14-32-18-19/h6-9,17,19-20,27H,2-5,10-16,18H2,1H3. The maximum absolute atomic E-state index is 12.9. The van der Waals surface area contributed by atoms with E-state index >= 15 is 0 Å². The Labute approximate surface area is 211 Å². The Morgan fingerprint density at radius 3 is 2.74 bits per heavy atom. The van der Waals surface area contributed by atoms with Crippen LogP contribution in [0.4, 0.5) is 5.69 Å². The highest BCUT2D eigenvalue weighted by atomic mass is 35.5. The second-order valence-electron chi connectivity index (χ2n) is 9.01. The van der Waals surface area contributed by atoms with Crippen LogP contribution in [0.15, 0.2) is 40.2 Å². The fourth-order valence-electron chi connectivity index (χ4n) is 4.31. The molecular weight excluding hydrogens is 472 g/mol. The number of nitrogens with zero attached hydrogens (tertiary/aromatic N) is 3. The fourth-order valence-corrected chi connectivity index (χ4v) is 5.46. The highest BCUT2D eigenvalue weighted by molar-refractivity contribution is 7.97. The highest BCUT2D eigenvalue weighted by Crippen LogP contribution is 2.31. The molecule has 1 aromatic carbocycles. The van der Waals surface area contributed by atoms with E-state index in [4.69, 9.17) is 21.1 Å². The van der Waals surface area contributed by atoms with Gasteiger partial charge in [0, 0.05) is 31.1 Å². The summed E-state index contributed by atoms with van der Waals surface area (Å²) in [6.45, 7) is 7.03. The minimum absolute atomic E-state index is 0.0667. The van der Waals surface area contributed by atoms with Gasteiger partial charge in [-0.1, -0.05) is 24.9 Å². The second kappa shape index (κ2) is 12.8. The van der Waals surface area contributed by atoms with Crippen molar-refractivity contribution >= 4 is 29.2 Å². The molecular formula is C25H35ClN4O3S. The predicted octanol–water partition coefficient (Wildman–Crippen LogP) is 5.26. The maximum Gasteiger partial charge on any atom is 0.287 e. The molecule has 7 nitrogen and oxygen atoms in total. The summed E-state index contributed by atoms with van der Waals surface area (Å²) in [6.07, 6.45) is 7.83. The van der Waals surface area contributed by atoms with Crippen molar-refractivity contribution < 1.29 is 9.47 Å². The minimum atomic E-state index is -0.212. The molecule has 0 spiro atoms. The predicted molar refractivity (Wildman–Crippen MR) is 138 cm³/mol. The maximum atomic E-state index is 12.9. The third kappa shape index (κ3) is 6.90. The molecule has 2 fully saturated rings. The number of hydrogen-bond donors (Lipinski definition) is 1. The molecule has 2 aliphatic rings. The number of hydrogen-bond acceptors (Lipinski definition) is 7. The monoisotopic (exact) mass is 506 g/mol. The van der Waals surface area contributed by atoms with Gasteiger partial charge in [0.15, 0.2) is 0 Å². The molecule has 1 unspecified atom stereocenters. The normalized spacial score (nSPS) is 19.8. The number of halogens is 1. The van der Waals surface area contributed by atoms with Crippen LogP contribution < -0.4 is 15.6 Å². The van der Waals surface area contributed by atoms with Gasteiger partial charge in [0.2, 0.25) is 0 Å². The van der Waals surface area contributed by atoms with Crippen molar-refractivity contribution in [1.82, 2.24) is 14.1 Å². The first-order chi connectivity index (χ1) is 16.6. The molecule has 0 radical (unpaired) electrons. The van der Waals surface area contributed by atoms with Gasteiger partial charge in [-0.05, 0) is 74.2 Å². The zero-order valence-corrected chi connectivity index (χ0v) is 21.5. The molecule has 186 valence electrons. The van der Waals surface area contributed by atoms with Gasteiger partial charge in [0.1, 0.15) is 10.8 Å². The fraction of sp³-hybridized carbons (Fsp3) is 0.600. The Kier molecular flexibility index (Phi) is 9.56. The first-order valence-corrected chi connectivity index (χ1v) is 13.5. The summed E-state index contributed by atoms with van der Waals surface area (Å²) in [5, 5.41) is 7.99. The summed E-state index contributed by atoms with van der Waals surface area (Å²) in [6, 6.07) is 8.35. The summed E-state index contributed by atoms with van der Waals surface area (Å²) >= 11 is 8.18. The van der Waals surface area contributed by atoms with Gasteiger partial charge in [-0.3, -0.25) is 4.79 Å². The SMILES string of the molecule is CCCCOc1ccc(SN2CCC(n3ncc(NCC4CCCOC4)c(Cl)c3=O)CC2)cc1. The van der Waals surface area contributed by atoms with E-state index in [2.05, 4.69) is 33.8 Å². The number of nitrogens with one attached hydrogen (secondary N) is 1. The van der Waals surface area contributed by atoms with Crippen LogP contribution in [-0.2, 0) is 4.74 Å². The summed E-state index contributed by atoms with van der Waals surface area (Å²) in [4.78, 5) is 14.1. The topological polar surface area (TPSA) is 68.6 Å². The van der Waals surface area contributed by atoms with Crippen LogP contribution in [0.25, 0.3) is 0 Å². The molecule has 9 heteroatoms. The van der Waals surface area contributed by atoms with Crippen molar-refractivity contribution in [2.45, 2.75) is 56.4 Å². The Balaban J connectivity index is 1.27. The van der Waals surface area contributed by atoms with E-state index in [1.165, 1.54) is 4.90 Å². The molecule has 4 rings (SSSR count). The molecule has 1 N–H and O–H groups in total. The molecule has 0 bridgehead atoms. The minimum Gasteiger partial charge on any atom is -0.494 e. The number of aromatic nitrogens is 2. The van der Waals surface area contributed by atoms with Crippen molar-refractivity contribution in [3.63, 3.8) is 0 Å². The lowest BCUT2D eigenvalue weighted by Gasteiger charge is -2.31. The largest absolute Gasteiger partial charge is 0.494 e. The van der Waals surface area contributed by atoms with E-state index in [1.54, 1.807) is 22.8 Å². The summed E-state index contributed by atoms with van der Waals surface area (Å²) < 4.78 is 15.2. The van der Waals surface area contributed by atoms with E-state index < -0.39 is 0 Å². The quantitative estimate of drug-likeness (QED) is 0.348. The Bertz CT molecular complexity index is 958. The Morgan fingerprint density at radius 2 is 2.03 bits per heavy atom. The van der Waals surface area contributed by atoms with E-state index in [-0.39, 0.29) is 16.6 Å². The molecule has 2 aromatic rings. The Hall–Kier alpha value is -1.74. The van der Waals surface area contributed by atoms with Gasteiger partial charge in [0.05, 0.1) is 31.1 Å². The average Bonchev–Trinajstić information content (AvgIpc) is 2.87. The highest BCUT2D eigenvalue weighted by Gasteiger charge is 2.24. The second-order valence-corrected chi connectivity index (χ2v) is 10.6. The average molecular weight is 507 g/mol. The zero-order chi connectivity index (χ0) is 23.8. The molecule has 2 saturated heterocycles. The first kappa shape index (κ1) is 25.4. The first-order valence-electron chi connectivity index (χ1n) is 12.4. The summed E-state index contributed by atoms with van der Waals surface area (Å²) in [5.41, 5.74) is 0.403. The number of anilines is 1. The lowest BCUT2D eigenvalue weighted by molar-refractivity contribution is 0.0595. The van der Waals surface area contributed by atoms with Crippen molar-refractivity contribution in [3.05, 3.63) is 45.8 Å². The number of benzene rings is 1. The third-order valence-electron chi connectivity index (χ3n) is 6.37. The van der Waals surface area contributed by atoms with Gasteiger partial charge >= 0.3 is 0 Å². The summed E-state index contributed by atoms with van der Waals surface area (Å²) in [5.74, 6) is 1.36. The van der Waals surface area contributed by atoms with Gasteiger partial charge in [-0.15, -0.1) is 0 Å². The van der Waals surface area contributed by atoms with Gasteiger partial charge in [-0.25, -0.2) is 8.99 Å². The third-order valence-corrected chi connectivity index (χ3v) is 7.85. The Morgan fingerprint density at radius 1 is 1.24 bits per heavy atom. The van der Waals surface area contributed by atoms with Crippen LogP contribution in [0, 0.1) is 5.92 Å². The van der Waals surface area contributed by atoms with Crippen LogP contribution in [0.3, 0.4) is 0 Å². The van der Waals surface area contributed by atoms with Crippen LogP contribution in [0.5, 0.6) is 5.75 Å². The molecule has 0 amide bonds.